The van der Waals surface area contributed by atoms with Crippen LogP contribution in [0.5, 0.6) is 0 Å². The zero-order valence-corrected chi connectivity index (χ0v) is 18.2. The van der Waals surface area contributed by atoms with Gasteiger partial charge in [0, 0.05) is 57.9 Å². The Morgan fingerprint density at radius 2 is 2.21 bits per heavy atom. The fraction of sp³-hybridized carbons (Fsp3) is 0.765. The Bertz CT molecular complexity index is 489. The highest BCUT2D eigenvalue weighted by atomic mass is 127. The molecule has 0 unspecified atom stereocenters. The SMILES string of the molecule is CCc1cnc(CCNC(=NC)N(C)CCC2CCOCC2)s1.I. The molecule has 2 heterocycles. The first-order valence-electron chi connectivity index (χ1n) is 8.66. The van der Waals surface area contributed by atoms with Gasteiger partial charge in [0.1, 0.15) is 0 Å². The first kappa shape index (κ1) is 21.6. The smallest absolute Gasteiger partial charge is 0.193 e. The zero-order valence-electron chi connectivity index (χ0n) is 15.1. The largest absolute Gasteiger partial charge is 0.381 e. The highest BCUT2D eigenvalue weighted by Crippen LogP contribution is 2.18. The summed E-state index contributed by atoms with van der Waals surface area (Å²) in [4.78, 5) is 12.4. The second-order valence-electron chi connectivity index (χ2n) is 6.06. The lowest BCUT2D eigenvalue weighted by Crippen LogP contribution is -2.40. The molecule has 0 bridgehead atoms. The third-order valence-electron chi connectivity index (χ3n) is 4.36. The average molecular weight is 466 g/mol. The molecule has 2 rings (SSSR count). The Labute approximate surface area is 167 Å². The quantitative estimate of drug-likeness (QED) is 0.381. The van der Waals surface area contributed by atoms with Crippen molar-refractivity contribution in [3.8, 4) is 0 Å². The monoisotopic (exact) mass is 466 g/mol. The van der Waals surface area contributed by atoms with Crippen molar-refractivity contribution in [2.24, 2.45) is 10.9 Å². The van der Waals surface area contributed by atoms with Gasteiger partial charge < -0.3 is 15.0 Å². The van der Waals surface area contributed by atoms with Crippen molar-refractivity contribution in [1.82, 2.24) is 15.2 Å². The highest BCUT2D eigenvalue weighted by Gasteiger charge is 2.15. The summed E-state index contributed by atoms with van der Waals surface area (Å²) >= 11 is 1.81. The van der Waals surface area contributed by atoms with E-state index in [9.17, 15) is 0 Å². The summed E-state index contributed by atoms with van der Waals surface area (Å²) in [6, 6.07) is 0. The van der Waals surface area contributed by atoms with Gasteiger partial charge in [0.2, 0.25) is 0 Å². The van der Waals surface area contributed by atoms with E-state index in [1.165, 1.54) is 29.1 Å². The number of rotatable bonds is 7. The van der Waals surface area contributed by atoms with Gasteiger partial charge in [0.15, 0.2) is 5.96 Å². The summed E-state index contributed by atoms with van der Waals surface area (Å²) in [6.07, 6.45) is 7.63. The van der Waals surface area contributed by atoms with Crippen LogP contribution in [-0.4, -0.2) is 56.2 Å². The number of ether oxygens (including phenoxy) is 1. The van der Waals surface area contributed by atoms with Crippen molar-refractivity contribution in [3.05, 3.63) is 16.1 Å². The molecule has 1 aromatic rings. The number of halogens is 1. The molecule has 1 N–H and O–H groups in total. The predicted molar refractivity (Wildman–Crippen MR) is 113 cm³/mol. The molecular weight excluding hydrogens is 435 g/mol. The molecule has 0 saturated carbocycles. The number of hydrogen-bond acceptors (Lipinski definition) is 4. The minimum absolute atomic E-state index is 0. The average Bonchev–Trinajstić information content (AvgIpc) is 3.05. The Balaban J connectivity index is 0.00000288. The van der Waals surface area contributed by atoms with E-state index in [-0.39, 0.29) is 24.0 Å². The van der Waals surface area contributed by atoms with Crippen LogP contribution in [0, 0.1) is 5.92 Å². The normalized spacial score (nSPS) is 15.9. The summed E-state index contributed by atoms with van der Waals surface area (Å²) < 4.78 is 5.43. The number of aromatic nitrogens is 1. The predicted octanol–water partition coefficient (Wildman–Crippen LogP) is 3.19. The Hall–Kier alpha value is -0.410. The van der Waals surface area contributed by atoms with Crippen LogP contribution in [0.2, 0.25) is 0 Å². The van der Waals surface area contributed by atoms with Gasteiger partial charge in [-0.05, 0) is 31.6 Å². The minimum atomic E-state index is 0. The van der Waals surface area contributed by atoms with E-state index >= 15 is 0 Å². The lowest BCUT2D eigenvalue weighted by atomic mass is 9.96. The van der Waals surface area contributed by atoms with Crippen molar-refractivity contribution >= 4 is 41.3 Å². The fourth-order valence-electron chi connectivity index (χ4n) is 2.81. The van der Waals surface area contributed by atoms with Crippen molar-refractivity contribution in [1.29, 1.82) is 0 Å². The van der Waals surface area contributed by atoms with E-state index in [4.69, 9.17) is 4.74 Å². The van der Waals surface area contributed by atoms with E-state index in [1.807, 2.05) is 24.6 Å². The molecule has 5 nitrogen and oxygen atoms in total. The first-order chi connectivity index (χ1) is 11.2. The summed E-state index contributed by atoms with van der Waals surface area (Å²) in [5, 5.41) is 4.65. The Morgan fingerprint density at radius 1 is 1.46 bits per heavy atom. The van der Waals surface area contributed by atoms with Crippen LogP contribution in [0.25, 0.3) is 0 Å². The van der Waals surface area contributed by atoms with E-state index in [1.54, 1.807) is 0 Å². The molecule has 0 aromatic carbocycles. The maximum Gasteiger partial charge on any atom is 0.193 e. The zero-order chi connectivity index (χ0) is 16.5. The molecule has 1 saturated heterocycles. The van der Waals surface area contributed by atoms with Crippen LogP contribution in [0.3, 0.4) is 0 Å². The summed E-state index contributed by atoms with van der Waals surface area (Å²) in [5.74, 6) is 1.77. The third-order valence-corrected chi connectivity index (χ3v) is 5.56. The van der Waals surface area contributed by atoms with Crippen LogP contribution in [0.1, 0.15) is 36.1 Å². The second-order valence-corrected chi connectivity index (χ2v) is 7.26. The molecule has 0 spiro atoms. The molecule has 1 aliphatic heterocycles. The number of aryl methyl sites for hydroxylation is 1. The minimum Gasteiger partial charge on any atom is -0.381 e. The number of nitrogens with zero attached hydrogens (tertiary/aromatic N) is 3. The van der Waals surface area contributed by atoms with Crippen molar-refractivity contribution in [2.45, 2.75) is 39.0 Å². The molecule has 1 aliphatic rings. The van der Waals surface area contributed by atoms with Gasteiger partial charge >= 0.3 is 0 Å². The van der Waals surface area contributed by atoms with Crippen LogP contribution in [0.4, 0.5) is 0 Å². The molecule has 0 atom stereocenters. The number of aliphatic imine (C=N–C) groups is 1. The van der Waals surface area contributed by atoms with Crippen molar-refractivity contribution in [2.75, 3.05) is 40.4 Å². The first-order valence-corrected chi connectivity index (χ1v) is 9.47. The van der Waals surface area contributed by atoms with Gasteiger partial charge in [-0.2, -0.15) is 0 Å². The van der Waals surface area contributed by atoms with Gasteiger partial charge in [-0.25, -0.2) is 4.98 Å². The van der Waals surface area contributed by atoms with Crippen molar-refractivity contribution < 1.29 is 4.74 Å². The van der Waals surface area contributed by atoms with Gasteiger partial charge in [-0.1, -0.05) is 6.92 Å². The Kier molecular flexibility index (Phi) is 10.8. The van der Waals surface area contributed by atoms with Gasteiger partial charge in [0.05, 0.1) is 5.01 Å². The topological polar surface area (TPSA) is 49.8 Å². The Morgan fingerprint density at radius 3 is 2.83 bits per heavy atom. The van der Waals surface area contributed by atoms with Crippen LogP contribution >= 0.6 is 35.3 Å². The molecule has 0 radical (unpaired) electrons. The van der Waals surface area contributed by atoms with Crippen LogP contribution < -0.4 is 5.32 Å². The number of thiazole rings is 1. The summed E-state index contributed by atoms with van der Waals surface area (Å²) in [5.41, 5.74) is 0. The van der Waals surface area contributed by atoms with Crippen molar-refractivity contribution in [3.63, 3.8) is 0 Å². The van der Waals surface area contributed by atoms with E-state index in [0.717, 1.165) is 51.0 Å². The third kappa shape index (κ3) is 7.23. The molecule has 7 heteroatoms. The standard InChI is InChI=1S/C17H30N4OS.HI/c1-4-15-13-20-16(23-15)5-9-19-17(18-2)21(3)10-6-14-7-11-22-12-8-14;/h13-14H,4-12H2,1-3H3,(H,18,19);1H. The summed E-state index contributed by atoms with van der Waals surface area (Å²) in [7, 11) is 3.97. The van der Waals surface area contributed by atoms with E-state index < -0.39 is 0 Å². The van der Waals surface area contributed by atoms with E-state index in [0.29, 0.717) is 0 Å². The van der Waals surface area contributed by atoms with E-state index in [2.05, 4.69) is 34.2 Å². The second kappa shape index (κ2) is 12.0. The van der Waals surface area contributed by atoms with Crippen LogP contribution in [-0.2, 0) is 17.6 Å². The molecule has 138 valence electrons. The highest BCUT2D eigenvalue weighted by molar-refractivity contribution is 14.0. The lowest BCUT2D eigenvalue weighted by molar-refractivity contribution is 0.0625. The molecule has 0 aliphatic carbocycles. The maximum absolute atomic E-state index is 5.43. The molecule has 0 amide bonds. The van der Waals surface area contributed by atoms with Gasteiger partial charge in [-0.15, -0.1) is 35.3 Å². The van der Waals surface area contributed by atoms with Crippen LogP contribution in [0.15, 0.2) is 11.2 Å². The molecule has 1 aromatic heterocycles. The number of guanidine groups is 1. The molecule has 1 fully saturated rings. The van der Waals surface area contributed by atoms with Gasteiger partial charge in [0.25, 0.3) is 0 Å². The molecular formula is C17H31IN4OS. The number of nitrogens with one attached hydrogen (secondary N) is 1. The fourth-order valence-corrected chi connectivity index (χ4v) is 3.67. The lowest BCUT2D eigenvalue weighted by Gasteiger charge is -2.26. The summed E-state index contributed by atoms with van der Waals surface area (Å²) in [6.45, 7) is 5.95. The molecule has 24 heavy (non-hydrogen) atoms. The number of hydrogen-bond donors (Lipinski definition) is 1. The van der Waals surface area contributed by atoms with Gasteiger partial charge in [-0.3, -0.25) is 4.99 Å². The maximum atomic E-state index is 5.43.